The molecular formula is C25H19Cl3FN5O. The molecule has 35 heavy (non-hydrogen) atoms. The van der Waals surface area contributed by atoms with Crippen molar-refractivity contribution in [3.63, 3.8) is 0 Å². The Labute approximate surface area is 217 Å². The quantitative estimate of drug-likeness (QED) is 0.306. The molecule has 10 heteroatoms. The third-order valence-electron chi connectivity index (χ3n) is 5.46. The molecule has 178 valence electrons. The number of aryl methyl sites for hydroxylation is 1. The summed E-state index contributed by atoms with van der Waals surface area (Å²) in [4.78, 5) is 17.1. The molecule has 0 radical (unpaired) electrons. The molecule has 0 saturated heterocycles. The lowest BCUT2D eigenvalue weighted by Crippen LogP contribution is -2.21. The van der Waals surface area contributed by atoms with Gasteiger partial charge < -0.3 is 5.32 Å². The molecule has 0 fully saturated rings. The predicted octanol–water partition coefficient (Wildman–Crippen LogP) is 6.76. The fraction of sp³-hybridized carbons (Fsp3) is 0.0800. The summed E-state index contributed by atoms with van der Waals surface area (Å²) in [7, 11) is 0. The number of fused-ring (bicyclic) bond motifs is 1. The molecule has 1 atom stereocenters. The average molecular weight is 531 g/mol. The van der Waals surface area contributed by atoms with Crippen molar-refractivity contribution in [2.75, 3.05) is 10.6 Å². The first-order chi connectivity index (χ1) is 16.4. The number of aromatic nitrogens is 3. The van der Waals surface area contributed by atoms with E-state index in [4.69, 9.17) is 23.2 Å². The van der Waals surface area contributed by atoms with Crippen LogP contribution in [-0.4, -0.2) is 20.7 Å². The zero-order valence-corrected chi connectivity index (χ0v) is 20.6. The van der Waals surface area contributed by atoms with Gasteiger partial charge in [-0.25, -0.2) is 9.07 Å². The van der Waals surface area contributed by atoms with Crippen LogP contribution in [0.4, 0.5) is 16.3 Å². The maximum absolute atomic E-state index is 14.9. The normalized spacial score (nSPS) is 14.3. The fourth-order valence-electron chi connectivity index (χ4n) is 3.72. The minimum atomic E-state index is -0.685. The van der Waals surface area contributed by atoms with E-state index in [0.717, 1.165) is 16.8 Å². The van der Waals surface area contributed by atoms with Gasteiger partial charge in [-0.15, -0.1) is 17.5 Å². The lowest BCUT2D eigenvalue weighted by Gasteiger charge is -2.25. The van der Waals surface area contributed by atoms with Gasteiger partial charge >= 0.3 is 0 Å². The molecule has 1 aromatic heterocycles. The SMILES string of the molecule is Cc1ccc(C2=CC(c3c(F)cccc3Cl)n3nc(NC(=O)c4ccc(Cl)cc4)nc3N2)cc1.Cl. The highest BCUT2D eigenvalue weighted by molar-refractivity contribution is 6.31. The summed E-state index contributed by atoms with van der Waals surface area (Å²) in [6, 6.07) is 18.2. The first-order valence-corrected chi connectivity index (χ1v) is 11.2. The van der Waals surface area contributed by atoms with Crippen LogP contribution >= 0.6 is 35.6 Å². The first-order valence-electron chi connectivity index (χ1n) is 10.4. The second-order valence-corrected chi connectivity index (χ2v) is 8.66. The first kappa shape index (κ1) is 24.7. The summed E-state index contributed by atoms with van der Waals surface area (Å²) in [6.45, 7) is 2.00. The van der Waals surface area contributed by atoms with Crippen molar-refractivity contribution in [1.29, 1.82) is 0 Å². The number of allylic oxidation sites excluding steroid dienone is 1. The Kier molecular flexibility index (Phi) is 7.12. The van der Waals surface area contributed by atoms with E-state index in [-0.39, 0.29) is 28.9 Å². The molecule has 1 unspecified atom stereocenters. The van der Waals surface area contributed by atoms with Crippen LogP contribution in [0.25, 0.3) is 5.70 Å². The Balaban J connectivity index is 0.00000289. The number of carbonyl (C=O) groups is 1. The molecule has 0 spiro atoms. The van der Waals surface area contributed by atoms with Crippen LogP contribution in [0.2, 0.25) is 10.0 Å². The van der Waals surface area contributed by atoms with E-state index in [2.05, 4.69) is 20.7 Å². The van der Waals surface area contributed by atoms with E-state index in [9.17, 15) is 9.18 Å². The van der Waals surface area contributed by atoms with Gasteiger partial charge in [-0.3, -0.25) is 10.1 Å². The molecule has 6 nitrogen and oxygen atoms in total. The molecule has 2 heterocycles. The molecule has 1 amide bonds. The van der Waals surface area contributed by atoms with Crippen molar-refractivity contribution < 1.29 is 9.18 Å². The number of carbonyl (C=O) groups excluding carboxylic acids is 1. The Hall–Kier alpha value is -3.39. The van der Waals surface area contributed by atoms with Gasteiger partial charge in [0.15, 0.2) is 0 Å². The number of rotatable bonds is 4. The van der Waals surface area contributed by atoms with E-state index < -0.39 is 17.8 Å². The van der Waals surface area contributed by atoms with Crippen molar-refractivity contribution >= 4 is 59.1 Å². The fourth-order valence-corrected chi connectivity index (χ4v) is 4.12. The van der Waals surface area contributed by atoms with Crippen LogP contribution in [0, 0.1) is 12.7 Å². The van der Waals surface area contributed by atoms with Crippen molar-refractivity contribution in [2.45, 2.75) is 13.0 Å². The van der Waals surface area contributed by atoms with Gasteiger partial charge in [0.25, 0.3) is 11.9 Å². The summed E-state index contributed by atoms with van der Waals surface area (Å²) in [6.07, 6.45) is 1.83. The minimum absolute atomic E-state index is 0. The molecule has 3 aromatic carbocycles. The van der Waals surface area contributed by atoms with E-state index in [1.165, 1.54) is 10.7 Å². The van der Waals surface area contributed by atoms with Gasteiger partial charge in [-0.05, 0) is 55.0 Å². The van der Waals surface area contributed by atoms with Crippen LogP contribution in [0.3, 0.4) is 0 Å². The van der Waals surface area contributed by atoms with Crippen molar-refractivity contribution in [3.8, 4) is 0 Å². The number of hydrogen-bond donors (Lipinski definition) is 2. The number of benzene rings is 3. The number of amides is 1. The molecule has 1 aliphatic heterocycles. The molecule has 0 saturated carbocycles. The van der Waals surface area contributed by atoms with Crippen molar-refractivity contribution in [1.82, 2.24) is 14.8 Å². The molecule has 0 bridgehead atoms. The van der Waals surface area contributed by atoms with Gasteiger partial charge in [0.05, 0.1) is 0 Å². The van der Waals surface area contributed by atoms with Crippen LogP contribution in [-0.2, 0) is 0 Å². The Morgan fingerprint density at radius 1 is 1.06 bits per heavy atom. The number of halogens is 4. The zero-order valence-electron chi connectivity index (χ0n) is 18.3. The molecular weight excluding hydrogens is 512 g/mol. The number of nitrogens with zero attached hydrogens (tertiary/aromatic N) is 3. The van der Waals surface area contributed by atoms with Gasteiger partial charge in [0.1, 0.15) is 11.9 Å². The van der Waals surface area contributed by atoms with Crippen LogP contribution < -0.4 is 10.6 Å². The largest absolute Gasteiger partial charge is 0.324 e. The van der Waals surface area contributed by atoms with E-state index in [0.29, 0.717) is 16.5 Å². The van der Waals surface area contributed by atoms with Gasteiger partial charge in [-0.1, -0.05) is 59.1 Å². The summed E-state index contributed by atoms with van der Waals surface area (Å²) in [5.74, 6) is -0.453. The highest BCUT2D eigenvalue weighted by Gasteiger charge is 2.29. The standard InChI is InChI=1S/C25H18Cl2FN5O.ClH/c1-14-5-7-15(8-6-14)20-13-21(22-18(27)3-2-4-19(22)28)33-25(29-20)31-24(32-33)30-23(34)16-9-11-17(26)12-10-16;/h2-13,21H,1H3,(H2,29,30,31,32,34);1H. The smallest absolute Gasteiger partial charge is 0.258 e. The molecule has 1 aliphatic rings. The zero-order chi connectivity index (χ0) is 23.8. The average Bonchev–Trinajstić information content (AvgIpc) is 3.22. The third kappa shape index (κ3) is 5.03. The number of hydrogen-bond acceptors (Lipinski definition) is 4. The number of nitrogens with one attached hydrogen (secondary N) is 2. The second-order valence-electron chi connectivity index (χ2n) is 7.82. The maximum atomic E-state index is 14.9. The van der Waals surface area contributed by atoms with E-state index in [1.807, 2.05) is 37.3 Å². The molecule has 2 N–H and O–H groups in total. The highest BCUT2D eigenvalue weighted by atomic mass is 35.5. The third-order valence-corrected chi connectivity index (χ3v) is 6.04. The summed E-state index contributed by atoms with van der Waals surface area (Å²) < 4.78 is 16.4. The van der Waals surface area contributed by atoms with Crippen molar-refractivity contribution in [3.05, 3.63) is 111 Å². The van der Waals surface area contributed by atoms with Gasteiger partial charge in [0, 0.05) is 26.9 Å². The topological polar surface area (TPSA) is 71.8 Å². The second kappa shape index (κ2) is 10.1. The Bertz CT molecular complexity index is 1400. The number of anilines is 2. The minimum Gasteiger partial charge on any atom is -0.324 e. The molecule has 0 aliphatic carbocycles. The molecule has 5 rings (SSSR count). The van der Waals surface area contributed by atoms with Gasteiger partial charge in [-0.2, -0.15) is 4.98 Å². The summed E-state index contributed by atoms with van der Waals surface area (Å²) >= 11 is 12.3. The Morgan fingerprint density at radius 2 is 1.77 bits per heavy atom. The Morgan fingerprint density at radius 3 is 2.46 bits per heavy atom. The summed E-state index contributed by atoms with van der Waals surface area (Å²) in [5.41, 5.74) is 3.39. The van der Waals surface area contributed by atoms with Crippen molar-refractivity contribution in [2.24, 2.45) is 0 Å². The van der Waals surface area contributed by atoms with Crippen LogP contribution in [0.1, 0.15) is 33.1 Å². The van der Waals surface area contributed by atoms with Gasteiger partial charge in [0.2, 0.25) is 5.95 Å². The predicted molar refractivity (Wildman–Crippen MR) is 139 cm³/mol. The maximum Gasteiger partial charge on any atom is 0.258 e. The monoisotopic (exact) mass is 529 g/mol. The lowest BCUT2D eigenvalue weighted by molar-refractivity contribution is 0.102. The highest BCUT2D eigenvalue weighted by Crippen LogP contribution is 2.37. The van der Waals surface area contributed by atoms with E-state index in [1.54, 1.807) is 36.4 Å². The van der Waals surface area contributed by atoms with E-state index >= 15 is 0 Å². The van der Waals surface area contributed by atoms with Crippen LogP contribution in [0.5, 0.6) is 0 Å². The summed E-state index contributed by atoms with van der Waals surface area (Å²) in [5, 5.41) is 11.1. The lowest BCUT2D eigenvalue weighted by atomic mass is 10.0. The molecule has 4 aromatic rings. The van der Waals surface area contributed by atoms with Crippen LogP contribution in [0.15, 0.2) is 72.8 Å².